The number of fused-ring (bicyclic) bond motifs is 4. The van der Waals surface area contributed by atoms with Crippen molar-refractivity contribution in [2.75, 3.05) is 98.1 Å². The molecule has 12 aromatic heterocycles. The minimum Gasteiger partial charge on any atom is -0.449 e. The molecule has 5 fully saturated rings. The predicted octanol–water partition coefficient (Wildman–Crippen LogP) is 26.8. The van der Waals surface area contributed by atoms with Crippen LogP contribution < -0.4 is 19.6 Å². The SMILES string of the molecule is CC(C)(C)c1cc(-c2ccc(Cl)c(F)c2)nc2cc(C(=O)N3CCN(c4ccccn4)CC3(C)C)oc12.CC(C)(C)c1cc(-c2ccc(Cl)cc2)nc2cc(C(=O)N3CCN(c4ccccn4)CC3(C)C)oc12.CC(C)(C)c1cc(-c2ccc(Cl)cc2)nc2cc(C(=O)N3CCN(c4cccnc4)CC3(C)C)oc12.CC1(C)CCC(c2cc(C(C)(C)C)c3oc(C(=O)N4CCN(c5ccccn5)CC4(C)C)cc3n2)CC1. The highest BCUT2D eigenvalue weighted by atomic mass is 35.5. The van der Waals surface area contributed by atoms with Crippen molar-refractivity contribution >= 4 is 126 Å². The summed E-state index contributed by atoms with van der Waals surface area (Å²) in [4.78, 5) is 109. The summed E-state index contributed by atoms with van der Waals surface area (Å²) in [6, 6.07) is 57.0. The Morgan fingerprint density at radius 3 is 0.973 bits per heavy atom. The topological polar surface area (TPSA) is 250 Å². The van der Waals surface area contributed by atoms with E-state index in [9.17, 15) is 23.6 Å². The molecular weight excluding hydrogens is 1890 g/mol. The Kier molecular flexibility index (Phi) is 29.0. The van der Waals surface area contributed by atoms with Crippen LogP contribution >= 0.6 is 34.8 Å². The third-order valence-corrected chi connectivity index (χ3v) is 29.6. The summed E-state index contributed by atoms with van der Waals surface area (Å²) in [7, 11) is 0. The zero-order valence-corrected chi connectivity index (χ0v) is 90.3. The predicted molar refractivity (Wildman–Crippen MR) is 583 cm³/mol. The molecule has 4 aliphatic heterocycles. The Hall–Kier alpha value is -13.1. The molecule has 4 amide bonds. The Bertz CT molecular complexity index is 7080. The quantitative estimate of drug-likeness (QED) is 0.110. The maximum Gasteiger partial charge on any atom is 0.290 e. The van der Waals surface area contributed by atoms with Crippen LogP contribution in [0.3, 0.4) is 0 Å². The number of nitrogens with zero attached hydrogens (tertiary/aromatic N) is 16. The summed E-state index contributed by atoms with van der Waals surface area (Å²) in [5, 5.41) is 1.42. The Balaban J connectivity index is 0.000000133. The largest absolute Gasteiger partial charge is 0.449 e. The Morgan fingerprint density at radius 1 is 0.349 bits per heavy atom. The lowest BCUT2D eigenvalue weighted by atomic mass is 9.72. The van der Waals surface area contributed by atoms with E-state index in [4.69, 9.17) is 72.4 Å². The van der Waals surface area contributed by atoms with E-state index in [0.717, 1.165) is 111 Å². The first-order chi connectivity index (χ1) is 68.8. The van der Waals surface area contributed by atoms with Crippen molar-refractivity contribution in [3.05, 3.63) is 285 Å². The molecule has 4 saturated heterocycles. The first-order valence-electron chi connectivity index (χ1n) is 50.5. The van der Waals surface area contributed by atoms with Crippen molar-refractivity contribution in [1.82, 2.24) is 59.5 Å². The van der Waals surface area contributed by atoms with E-state index in [2.05, 4.69) is 216 Å². The van der Waals surface area contributed by atoms with Crippen LogP contribution in [0.25, 0.3) is 78.2 Å². The van der Waals surface area contributed by atoms with Crippen molar-refractivity contribution in [2.24, 2.45) is 5.41 Å². The molecule has 1 aliphatic carbocycles. The number of piperazine rings is 4. The van der Waals surface area contributed by atoms with Crippen LogP contribution in [0.2, 0.25) is 15.1 Å². The van der Waals surface area contributed by atoms with Crippen molar-refractivity contribution < 1.29 is 41.2 Å². The first-order valence-corrected chi connectivity index (χ1v) is 51.7. The molecule has 3 aromatic carbocycles. The number of hydrogen-bond acceptors (Lipinski definition) is 20. The van der Waals surface area contributed by atoms with Crippen LogP contribution in [-0.2, 0) is 21.7 Å². The number of aromatic nitrogens is 8. The summed E-state index contributed by atoms with van der Waals surface area (Å²) in [5.41, 5.74) is 14.4. The summed E-state index contributed by atoms with van der Waals surface area (Å²) >= 11 is 18.1. The third-order valence-electron chi connectivity index (χ3n) is 28.8. The van der Waals surface area contributed by atoms with E-state index < -0.39 is 16.9 Å². The summed E-state index contributed by atoms with van der Waals surface area (Å²) < 4.78 is 39.3. The molecule has 0 spiro atoms. The second kappa shape index (κ2) is 40.6. The Labute approximate surface area is 870 Å². The molecule has 24 nitrogen and oxygen atoms in total. The highest BCUT2D eigenvalue weighted by Gasteiger charge is 2.45. The first kappa shape index (κ1) is 104. The van der Waals surface area contributed by atoms with E-state index in [1.165, 1.54) is 25.0 Å². The lowest BCUT2D eigenvalue weighted by Gasteiger charge is -2.47. The van der Waals surface area contributed by atoms with E-state index in [0.29, 0.717) is 149 Å². The molecule has 0 bridgehead atoms. The zero-order valence-electron chi connectivity index (χ0n) is 88.0. The second-order valence-electron chi connectivity index (χ2n) is 46.7. The number of halogens is 4. The number of rotatable bonds is 12. The summed E-state index contributed by atoms with van der Waals surface area (Å²) in [6.07, 6.45) is 13.8. The number of carbonyl (C=O) groups is 4. The fourth-order valence-corrected chi connectivity index (χ4v) is 21.0. The van der Waals surface area contributed by atoms with Gasteiger partial charge in [-0.2, -0.15) is 0 Å². The van der Waals surface area contributed by atoms with Crippen LogP contribution in [0.15, 0.2) is 231 Å². The fourth-order valence-electron chi connectivity index (χ4n) is 20.6. The van der Waals surface area contributed by atoms with E-state index in [-0.39, 0.29) is 67.1 Å². The minimum absolute atomic E-state index is 0.0582. The van der Waals surface area contributed by atoms with Gasteiger partial charge in [0.15, 0.2) is 45.4 Å². The molecule has 1 saturated carbocycles. The molecule has 0 atom stereocenters. The lowest BCUT2D eigenvalue weighted by molar-refractivity contribution is 0.0475. The Morgan fingerprint density at radius 2 is 0.664 bits per heavy atom. The van der Waals surface area contributed by atoms with E-state index in [1.807, 2.05) is 153 Å². The maximum atomic E-state index is 14.2. The number of amides is 4. The molecule has 762 valence electrons. The fraction of sp³-hybridized carbons (Fsp3) is 0.407. The van der Waals surface area contributed by atoms with Crippen LogP contribution in [0.1, 0.15) is 254 Å². The monoisotopic (exact) mass is 2030 g/mol. The smallest absolute Gasteiger partial charge is 0.290 e. The lowest BCUT2D eigenvalue weighted by Crippen LogP contribution is -2.61. The highest BCUT2D eigenvalue weighted by Crippen LogP contribution is 2.47. The number of furan rings is 4. The van der Waals surface area contributed by atoms with E-state index >= 15 is 0 Å². The van der Waals surface area contributed by atoms with Crippen molar-refractivity contribution in [2.45, 2.75) is 228 Å². The van der Waals surface area contributed by atoms with Gasteiger partial charge in [0.05, 0.1) is 56.1 Å². The average molecular weight is 2030 g/mol. The van der Waals surface area contributed by atoms with Gasteiger partial charge in [-0.05, 0) is 217 Å². The average Bonchev–Trinajstić information content (AvgIpc) is 1.61. The number of pyridine rings is 8. The number of anilines is 4. The van der Waals surface area contributed by atoms with Crippen LogP contribution in [0, 0.1) is 11.2 Å². The third kappa shape index (κ3) is 22.7. The van der Waals surface area contributed by atoms with Gasteiger partial charge in [0.2, 0.25) is 0 Å². The molecule has 0 N–H and O–H groups in total. The summed E-state index contributed by atoms with van der Waals surface area (Å²) in [6.45, 7) is 55.0. The molecule has 5 aliphatic rings. The highest BCUT2D eigenvalue weighted by molar-refractivity contribution is 6.31. The molecule has 0 radical (unpaired) electrons. The minimum atomic E-state index is -0.506. The van der Waals surface area contributed by atoms with Gasteiger partial charge in [0, 0.05) is 188 Å². The summed E-state index contributed by atoms with van der Waals surface area (Å²) in [5.74, 6) is 3.52. The van der Waals surface area contributed by atoms with Gasteiger partial charge in [-0.3, -0.25) is 24.2 Å². The normalized spacial score (nSPS) is 17.1. The molecular formula is C118H134Cl3FN16O8. The van der Waals surface area contributed by atoms with Crippen LogP contribution in [0.4, 0.5) is 27.5 Å². The van der Waals surface area contributed by atoms with Gasteiger partial charge in [-0.15, -0.1) is 0 Å². The second-order valence-corrected chi connectivity index (χ2v) is 48.0. The van der Waals surface area contributed by atoms with Gasteiger partial charge in [0.25, 0.3) is 23.6 Å². The molecule has 146 heavy (non-hydrogen) atoms. The standard InChI is InChI=1S/C31H42N4O2.C29H30ClFN4O2.2C29H31ClN4O2/c1-29(2,3)22-18-23(21-11-13-30(4,5)14-12-21)33-24-19-25(37-27(22)24)28(36)35-17-16-34(20-31(35,6)7)26-10-8-9-15-32-26;1-28(2,3)19-15-22(18-9-10-20(30)21(31)14-18)33-23-16-24(37-26(19)23)27(36)35-13-12-34(17-29(35,4)5)25-8-6-7-11-32-25;1-28(2,3)22-15-23(19-8-10-20(30)11-9-19)32-24-16-25(36-26(22)24)27(35)34-14-13-33(18-29(34,4)5)21-7-6-12-31-17-21;1-28(2,3)21-16-22(19-9-11-20(30)12-10-19)32-23-17-24(36-26(21)23)27(35)34-15-14-33(18-29(34,4)5)25-8-6-7-13-31-25/h8-10,15,18-19,21H,11-14,16-17,20H2,1-7H3;6-11,14-16H,12-13,17H2,1-5H3;6-12,15-17H,13-14,18H2,1-5H3;6-13,16-17H,14-15,18H2,1-5H3. The van der Waals surface area contributed by atoms with Crippen LogP contribution in [0.5, 0.6) is 0 Å². The van der Waals surface area contributed by atoms with Gasteiger partial charge in [-0.1, -0.05) is 180 Å². The maximum absolute atomic E-state index is 14.2. The van der Waals surface area contributed by atoms with Crippen molar-refractivity contribution in [3.8, 4) is 33.8 Å². The molecule has 0 unspecified atom stereocenters. The number of benzene rings is 3. The van der Waals surface area contributed by atoms with Gasteiger partial charge >= 0.3 is 0 Å². The van der Waals surface area contributed by atoms with Gasteiger partial charge in [-0.25, -0.2) is 39.3 Å². The molecule has 20 rings (SSSR count). The molecule has 15 aromatic rings. The van der Waals surface area contributed by atoms with Crippen LogP contribution in [-0.4, -0.2) is 184 Å². The van der Waals surface area contributed by atoms with E-state index in [1.54, 1.807) is 42.9 Å². The number of hydrogen-bond donors (Lipinski definition) is 0. The number of carbonyl (C=O) groups excluding carboxylic acids is 4. The molecule has 16 heterocycles. The van der Waals surface area contributed by atoms with Crippen molar-refractivity contribution in [1.29, 1.82) is 0 Å². The van der Waals surface area contributed by atoms with Gasteiger partial charge < -0.3 is 56.9 Å². The van der Waals surface area contributed by atoms with Gasteiger partial charge in [0.1, 0.15) is 45.3 Å². The van der Waals surface area contributed by atoms with Crippen molar-refractivity contribution in [3.63, 3.8) is 0 Å². The zero-order chi connectivity index (χ0) is 104. The molecule has 28 heteroatoms.